The molecular formula is C11H14N2O3. The van der Waals surface area contributed by atoms with Crippen LogP contribution >= 0.6 is 0 Å². The fourth-order valence-electron chi connectivity index (χ4n) is 2.14. The number of hydrogen-bond donors (Lipinski definition) is 2. The molecule has 1 saturated heterocycles. The number of nitrogens with one attached hydrogen (secondary N) is 1. The summed E-state index contributed by atoms with van der Waals surface area (Å²) in [5.41, 5.74) is 1.11. The van der Waals surface area contributed by atoms with Crippen molar-refractivity contribution in [2.24, 2.45) is 0 Å². The molecule has 0 spiro atoms. The van der Waals surface area contributed by atoms with Crippen molar-refractivity contribution in [3.8, 4) is 5.75 Å². The maximum Gasteiger partial charge on any atom is 0.277 e. The molecule has 5 heteroatoms. The number of phenolic OH excluding ortho intramolecular Hbond substituents is 1. The Balaban J connectivity index is 2.53. The van der Waals surface area contributed by atoms with E-state index in [9.17, 15) is 15.2 Å². The van der Waals surface area contributed by atoms with E-state index in [0.717, 1.165) is 19.4 Å². The van der Waals surface area contributed by atoms with Gasteiger partial charge < -0.3 is 10.4 Å². The number of benzene rings is 1. The lowest BCUT2D eigenvalue weighted by Crippen LogP contribution is -2.15. The average molecular weight is 222 g/mol. The molecule has 0 unspecified atom stereocenters. The van der Waals surface area contributed by atoms with E-state index in [2.05, 4.69) is 5.32 Å². The third-order valence-corrected chi connectivity index (χ3v) is 3.00. The topological polar surface area (TPSA) is 75.4 Å². The van der Waals surface area contributed by atoms with Gasteiger partial charge in [-0.3, -0.25) is 10.1 Å². The first-order valence-electron chi connectivity index (χ1n) is 5.31. The fourth-order valence-corrected chi connectivity index (χ4v) is 2.14. The van der Waals surface area contributed by atoms with E-state index >= 15 is 0 Å². The molecule has 0 aromatic heterocycles. The van der Waals surface area contributed by atoms with E-state index in [1.807, 2.05) is 0 Å². The summed E-state index contributed by atoms with van der Waals surface area (Å²) in [6.07, 6.45) is 1.81. The van der Waals surface area contributed by atoms with Crippen LogP contribution in [0.15, 0.2) is 12.1 Å². The molecule has 1 atom stereocenters. The maximum atomic E-state index is 10.9. The molecule has 86 valence electrons. The van der Waals surface area contributed by atoms with Crippen LogP contribution in [0.5, 0.6) is 5.75 Å². The van der Waals surface area contributed by atoms with Gasteiger partial charge in [0.05, 0.1) is 10.5 Å². The molecule has 5 nitrogen and oxygen atoms in total. The zero-order valence-corrected chi connectivity index (χ0v) is 9.06. The molecule has 0 saturated carbocycles. The Hall–Kier alpha value is -1.62. The lowest BCUT2D eigenvalue weighted by Gasteiger charge is -2.14. The van der Waals surface area contributed by atoms with E-state index in [4.69, 9.17) is 0 Å². The van der Waals surface area contributed by atoms with Crippen LogP contribution < -0.4 is 5.32 Å². The summed E-state index contributed by atoms with van der Waals surface area (Å²) >= 11 is 0. The van der Waals surface area contributed by atoms with E-state index < -0.39 is 4.92 Å². The van der Waals surface area contributed by atoms with Gasteiger partial charge in [0.25, 0.3) is 5.69 Å². The van der Waals surface area contributed by atoms with Crippen molar-refractivity contribution in [1.29, 1.82) is 0 Å². The van der Waals surface area contributed by atoms with Crippen LogP contribution in [0, 0.1) is 17.0 Å². The highest BCUT2D eigenvalue weighted by Crippen LogP contribution is 2.38. The van der Waals surface area contributed by atoms with E-state index in [-0.39, 0.29) is 17.5 Å². The van der Waals surface area contributed by atoms with Gasteiger partial charge in [-0.1, -0.05) is 0 Å². The summed E-state index contributed by atoms with van der Waals surface area (Å²) in [5, 5.41) is 24.0. The van der Waals surface area contributed by atoms with Crippen molar-refractivity contribution in [2.45, 2.75) is 25.8 Å². The fraction of sp³-hybridized carbons (Fsp3) is 0.455. The first kappa shape index (κ1) is 10.9. The molecule has 1 aromatic rings. The second-order valence-corrected chi connectivity index (χ2v) is 4.07. The highest BCUT2D eigenvalue weighted by molar-refractivity contribution is 5.54. The normalized spacial score (nSPS) is 19.9. The predicted molar refractivity (Wildman–Crippen MR) is 59.5 cm³/mol. The summed E-state index contributed by atoms with van der Waals surface area (Å²) in [6, 6.07) is 2.94. The van der Waals surface area contributed by atoms with Crippen molar-refractivity contribution in [1.82, 2.24) is 5.32 Å². The van der Waals surface area contributed by atoms with E-state index in [1.165, 1.54) is 6.07 Å². The van der Waals surface area contributed by atoms with Crippen molar-refractivity contribution < 1.29 is 10.0 Å². The van der Waals surface area contributed by atoms with Crippen molar-refractivity contribution >= 4 is 5.69 Å². The van der Waals surface area contributed by atoms with Crippen LogP contribution in [0.3, 0.4) is 0 Å². The number of rotatable bonds is 2. The molecule has 1 fully saturated rings. The SMILES string of the molecule is Cc1ccc([N+](=O)[O-])c([C@H]2CCCN2)c1O. The van der Waals surface area contributed by atoms with Crippen LogP contribution in [0.25, 0.3) is 0 Å². The van der Waals surface area contributed by atoms with Gasteiger partial charge in [-0.2, -0.15) is 0 Å². The van der Waals surface area contributed by atoms with Crippen molar-refractivity contribution in [2.75, 3.05) is 6.54 Å². The van der Waals surface area contributed by atoms with Crippen molar-refractivity contribution in [3.05, 3.63) is 33.4 Å². The number of hydrogen-bond acceptors (Lipinski definition) is 4. The number of aromatic hydroxyl groups is 1. The smallest absolute Gasteiger partial charge is 0.277 e. The molecular weight excluding hydrogens is 208 g/mol. The second kappa shape index (κ2) is 4.09. The standard InChI is InChI=1S/C11H14N2O3/c1-7-4-5-9(13(15)16)10(11(7)14)8-3-2-6-12-8/h4-5,8,12,14H,2-3,6H2,1H3/t8-/m1/s1. The van der Waals surface area contributed by atoms with Crippen LogP contribution in [0.2, 0.25) is 0 Å². The van der Waals surface area contributed by atoms with Gasteiger partial charge in [0, 0.05) is 12.1 Å². The minimum atomic E-state index is -0.436. The Bertz CT molecular complexity index is 425. The lowest BCUT2D eigenvalue weighted by atomic mass is 9.99. The summed E-state index contributed by atoms with van der Waals surface area (Å²) in [6.45, 7) is 2.59. The number of aryl methyl sites for hydroxylation is 1. The van der Waals surface area contributed by atoms with E-state index in [0.29, 0.717) is 11.1 Å². The largest absolute Gasteiger partial charge is 0.507 e. The highest BCUT2D eigenvalue weighted by atomic mass is 16.6. The molecule has 1 aliphatic rings. The summed E-state index contributed by atoms with van der Waals surface area (Å²) in [5.74, 6) is 0.0496. The third-order valence-electron chi connectivity index (χ3n) is 3.00. The van der Waals surface area contributed by atoms with Gasteiger partial charge in [-0.05, 0) is 37.9 Å². The monoisotopic (exact) mass is 222 g/mol. The highest BCUT2D eigenvalue weighted by Gasteiger charge is 2.28. The average Bonchev–Trinajstić information content (AvgIpc) is 2.74. The molecule has 2 rings (SSSR count). The number of nitro benzene ring substituents is 1. The van der Waals surface area contributed by atoms with Gasteiger partial charge >= 0.3 is 0 Å². The van der Waals surface area contributed by atoms with Crippen LogP contribution in [0.1, 0.15) is 30.0 Å². The summed E-state index contributed by atoms with van der Waals surface area (Å²) < 4.78 is 0. The Labute approximate surface area is 93.2 Å². The zero-order valence-electron chi connectivity index (χ0n) is 9.06. The van der Waals surface area contributed by atoms with Gasteiger partial charge in [0.15, 0.2) is 0 Å². The molecule has 0 amide bonds. The molecule has 16 heavy (non-hydrogen) atoms. The zero-order chi connectivity index (χ0) is 11.7. The third kappa shape index (κ3) is 1.74. The van der Waals surface area contributed by atoms with Crippen LogP contribution in [0.4, 0.5) is 5.69 Å². The number of phenols is 1. The van der Waals surface area contributed by atoms with Gasteiger partial charge in [-0.25, -0.2) is 0 Å². The molecule has 1 heterocycles. The predicted octanol–water partition coefficient (Wildman–Crippen LogP) is 2.03. The first-order valence-corrected chi connectivity index (χ1v) is 5.31. The first-order chi connectivity index (χ1) is 7.61. The molecule has 0 bridgehead atoms. The summed E-state index contributed by atoms with van der Waals surface area (Å²) in [7, 11) is 0. The Kier molecular flexibility index (Phi) is 2.78. The molecule has 2 N–H and O–H groups in total. The Morgan fingerprint density at radius 2 is 2.31 bits per heavy atom. The quantitative estimate of drug-likeness (QED) is 0.593. The number of nitro groups is 1. The van der Waals surface area contributed by atoms with Crippen LogP contribution in [-0.2, 0) is 0 Å². The number of nitrogens with zero attached hydrogens (tertiary/aromatic N) is 1. The lowest BCUT2D eigenvalue weighted by molar-refractivity contribution is -0.385. The molecule has 1 aliphatic heterocycles. The van der Waals surface area contributed by atoms with E-state index in [1.54, 1.807) is 13.0 Å². The molecule has 0 radical (unpaired) electrons. The summed E-state index contributed by atoms with van der Waals surface area (Å²) in [4.78, 5) is 10.5. The second-order valence-electron chi connectivity index (χ2n) is 4.07. The Morgan fingerprint density at radius 1 is 1.56 bits per heavy atom. The minimum absolute atomic E-state index is 0.00231. The maximum absolute atomic E-state index is 10.9. The molecule has 1 aromatic carbocycles. The van der Waals surface area contributed by atoms with Gasteiger partial charge in [0.2, 0.25) is 0 Å². The Morgan fingerprint density at radius 3 is 2.88 bits per heavy atom. The van der Waals surface area contributed by atoms with Crippen LogP contribution in [-0.4, -0.2) is 16.6 Å². The van der Waals surface area contributed by atoms with Gasteiger partial charge in [0.1, 0.15) is 5.75 Å². The minimum Gasteiger partial charge on any atom is -0.507 e. The van der Waals surface area contributed by atoms with Crippen molar-refractivity contribution in [3.63, 3.8) is 0 Å². The molecule has 0 aliphatic carbocycles. The van der Waals surface area contributed by atoms with Gasteiger partial charge in [-0.15, -0.1) is 0 Å².